The molecule has 0 saturated carbocycles. The monoisotopic (exact) mass is 254 g/mol. The third kappa shape index (κ3) is 2.62. The SMILES string of the molecule is Clc1nncc(OCc2ccccc2)c1Cl. The number of rotatable bonds is 3. The molecule has 0 aliphatic rings. The van der Waals surface area contributed by atoms with E-state index >= 15 is 0 Å². The standard InChI is InChI=1S/C11H8Cl2N2O/c12-10-9(6-14-15-11(10)13)16-7-8-4-2-1-3-5-8/h1-6H,7H2. The van der Waals surface area contributed by atoms with Gasteiger partial charge in [0, 0.05) is 0 Å². The van der Waals surface area contributed by atoms with Crippen LogP contribution in [0.1, 0.15) is 5.56 Å². The lowest BCUT2D eigenvalue weighted by Crippen LogP contribution is -1.97. The van der Waals surface area contributed by atoms with E-state index in [0.717, 1.165) is 5.56 Å². The number of ether oxygens (including phenoxy) is 1. The Bertz CT molecular complexity index is 477. The first-order valence-corrected chi connectivity index (χ1v) is 5.36. The fourth-order valence-electron chi connectivity index (χ4n) is 1.17. The molecule has 0 aliphatic heterocycles. The van der Waals surface area contributed by atoms with E-state index in [9.17, 15) is 0 Å². The average molecular weight is 255 g/mol. The van der Waals surface area contributed by atoms with Gasteiger partial charge >= 0.3 is 0 Å². The van der Waals surface area contributed by atoms with E-state index in [1.54, 1.807) is 0 Å². The number of aromatic nitrogens is 2. The maximum Gasteiger partial charge on any atom is 0.174 e. The van der Waals surface area contributed by atoms with Crippen molar-refractivity contribution in [3.63, 3.8) is 0 Å². The Morgan fingerprint density at radius 2 is 1.88 bits per heavy atom. The molecule has 2 rings (SSSR count). The van der Waals surface area contributed by atoms with Gasteiger partial charge in [-0.3, -0.25) is 0 Å². The highest BCUT2D eigenvalue weighted by Crippen LogP contribution is 2.29. The molecule has 0 bridgehead atoms. The molecule has 82 valence electrons. The summed E-state index contributed by atoms with van der Waals surface area (Å²) in [6.07, 6.45) is 1.44. The minimum Gasteiger partial charge on any atom is -0.486 e. The summed E-state index contributed by atoms with van der Waals surface area (Å²) >= 11 is 11.6. The van der Waals surface area contributed by atoms with Gasteiger partial charge in [0.05, 0.1) is 6.20 Å². The van der Waals surface area contributed by atoms with Gasteiger partial charge in [-0.15, -0.1) is 5.10 Å². The lowest BCUT2D eigenvalue weighted by atomic mass is 10.2. The normalized spacial score (nSPS) is 10.1. The van der Waals surface area contributed by atoms with E-state index < -0.39 is 0 Å². The van der Waals surface area contributed by atoms with E-state index in [2.05, 4.69) is 10.2 Å². The zero-order valence-corrected chi connectivity index (χ0v) is 9.74. The van der Waals surface area contributed by atoms with Crippen molar-refractivity contribution < 1.29 is 4.74 Å². The van der Waals surface area contributed by atoms with E-state index in [1.807, 2.05) is 30.3 Å². The van der Waals surface area contributed by atoms with Crippen molar-refractivity contribution in [2.45, 2.75) is 6.61 Å². The number of hydrogen-bond acceptors (Lipinski definition) is 3. The second-order valence-corrected chi connectivity index (χ2v) is 3.82. The van der Waals surface area contributed by atoms with Crippen LogP contribution >= 0.6 is 23.2 Å². The maximum atomic E-state index is 5.90. The fourth-order valence-corrected chi connectivity index (χ4v) is 1.45. The minimum absolute atomic E-state index is 0.146. The molecule has 0 aliphatic carbocycles. The molecule has 0 N–H and O–H groups in total. The van der Waals surface area contributed by atoms with Gasteiger partial charge in [0.1, 0.15) is 11.6 Å². The highest BCUT2D eigenvalue weighted by molar-refractivity contribution is 6.42. The summed E-state index contributed by atoms with van der Waals surface area (Å²) in [5.74, 6) is 0.436. The molecular formula is C11H8Cl2N2O. The molecule has 1 heterocycles. The summed E-state index contributed by atoms with van der Waals surface area (Å²) in [5.41, 5.74) is 1.05. The van der Waals surface area contributed by atoms with E-state index in [1.165, 1.54) is 6.20 Å². The molecule has 2 aromatic rings. The van der Waals surface area contributed by atoms with E-state index in [4.69, 9.17) is 27.9 Å². The lowest BCUT2D eigenvalue weighted by Gasteiger charge is -2.07. The van der Waals surface area contributed by atoms with Crippen LogP contribution in [0.2, 0.25) is 10.2 Å². The Hall–Kier alpha value is -1.32. The zero-order valence-electron chi connectivity index (χ0n) is 8.23. The Labute approximate surface area is 103 Å². The van der Waals surface area contributed by atoms with Crippen LogP contribution in [0.15, 0.2) is 36.5 Å². The smallest absolute Gasteiger partial charge is 0.174 e. The first kappa shape index (κ1) is 11.2. The van der Waals surface area contributed by atoms with Gasteiger partial charge in [-0.2, -0.15) is 5.10 Å². The molecule has 0 fully saturated rings. The van der Waals surface area contributed by atoms with Crippen LogP contribution in [0.4, 0.5) is 0 Å². The van der Waals surface area contributed by atoms with Crippen molar-refractivity contribution in [1.82, 2.24) is 10.2 Å². The third-order valence-corrected chi connectivity index (χ3v) is 2.68. The second-order valence-electron chi connectivity index (χ2n) is 3.09. The Balaban J connectivity index is 2.08. The molecule has 1 aromatic carbocycles. The molecule has 1 aromatic heterocycles. The second kappa shape index (κ2) is 5.14. The Morgan fingerprint density at radius 1 is 1.12 bits per heavy atom. The van der Waals surface area contributed by atoms with Gasteiger partial charge in [0.2, 0.25) is 0 Å². The molecule has 0 saturated heterocycles. The number of halogens is 2. The van der Waals surface area contributed by atoms with Gasteiger partial charge < -0.3 is 4.74 Å². The molecular weight excluding hydrogens is 247 g/mol. The van der Waals surface area contributed by atoms with Crippen molar-refractivity contribution in [3.05, 3.63) is 52.3 Å². The van der Waals surface area contributed by atoms with Crippen molar-refractivity contribution in [2.75, 3.05) is 0 Å². The number of hydrogen-bond donors (Lipinski definition) is 0. The highest BCUT2D eigenvalue weighted by Gasteiger charge is 2.07. The zero-order chi connectivity index (χ0) is 11.4. The van der Waals surface area contributed by atoms with Crippen LogP contribution in [-0.4, -0.2) is 10.2 Å². The summed E-state index contributed by atoms with van der Waals surface area (Å²) in [6.45, 7) is 0.419. The van der Waals surface area contributed by atoms with Crippen LogP contribution in [0.25, 0.3) is 0 Å². The van der Waals surface area contributed by atoms with Gasteiger partial charge in [-0.05, 0) is 5.56 Å². The maximum absolute atomic E-state index is 5.90. The quantitative estimate of drug-likeness (QED) is 0.843. The minimum atomic E-state index is 0.146. The van der Waals surface area contributed by atoms with E-state index in [-0.39, 0.29) is 10.2 Å². The summed E-state index contributed by atoms with van der Waals surface area (Å²) in [4.78, 5) is 0. The molecule has 16 heavy (non-hydrogen) atoms. The molecule has 0 spiro atoms. The average Bonchev–Trinajstić information content (AvgIpc) is 2.32. The molecule has 0 atom stereocenters. The lowest BCUT2D eigenvalue weighted by molar-refractivity contribution is 0.304. The van der Waals surface area contributed by atoms with Crippen LogP contribution in [0, 0.1) is 0 Å². The topological polar surface area (TPSA) is 35.0 Å². The van der Waals surface area contributed by atoms with Crippen molar-refractivity contribution in [1.29, 1.82) is 0 Å². The Kier molecular flexibility index (Phi) is 3.59. The van der Waals surface area contributed by atoms with Gasteiger partial charge in [0.25, 0.3) is 0 Å². The molecule has 0 amide bonds. The largest absolute Gasteiger partial charge is 0.486 e. The van der Waals surface area contributed by atoms with Gasteiger partial charge in [-0.1, -0.05) is 53.5 Å². The summed E-state index contributed by atoms with van der Waals surface area (Å²) in [5, 5.41) is 7.69. The molecule has 0 unspecified atom stereocenters. The summed E-state index contributed by atoms with van der Waals surface area (Å²) < 4.78 is 5.48. The van der Waals surface area contributed by atoms with Crippen molar-refractivity contribution in [3.8, 4) is 5.75 Å². The van der Waals surface area contributed by atoms with Crippen molar-refractivity contribution >= 4 is 23.2 Å². The summed E-state index contributed by atoms with van der Waals surface area (Å²) in [7, 11) is 0. The van der Waals surface area contributed by atoms with Crippen LogP contribution in [0.5, 0.6) is 5.75 Å². The third-order valence-electron chi connectivity index (χ3n) is 1.96. The highest BCUT2D eigenvalue weighted by atomic mass is 35.5. The van der Waals surface area contributed by atoms with Crippen LogP contribution in [0.3, 0.4) is 0 Å². The van der Waals surface area contributed by atoms with Gasteiger partial charge in [-0.25, -0.2) is 0 Å². The number of benzene rings is 1. The number of nitrogens with zero attached hydrogens (tertiary/aromatic N) is 2. The molecule has 5 heteroatoms. The van der Waals surface area contributed by atoms with Crippen molar-refractivity contribution in [2.24, 2.45) is 0 Å². The first-order chi connectivity index (χ1) is 7.77. The molecule has 3 nitrogen and oxygen atoms in total. The van der Waals surface area contributed by atoms with E-state index in [0.29, 0.717) is 12.4 Å². The predicted molar refractivity (Wildman–Crippen MR) is 62.8 cm³/mol. The molecule has 0 radical (unpaired) electrons. The predicted octanol–water partition coefficient (Wildman–Crippen LogP) is 3.36. The fraction of sp³-hybridized carbons (Fsp3) is 0.0909. The summed E-state index contributed by atoms with van der Waals surface area (Å²) in [6, 6.07) is 9.76. The van der Waals surface area contributed by atoms with Crippen LogP contribution < -0.4 is 4.74 Å². The Morgan fingerprint density at radius 3 is 2.62 bits per heavy atom. The first-order valence-electron chi connectivity index (χ1n) is 4.61. The van der Waals surface area contributed by atoms with Crippen LogP contribution in [-0.2, 0) is 6.61 Å². The van der Waals surface area contributed by atoms with Gasteiger partial charge in [0.15, 0.2) is 10.9 Å².